The van der Waals surface area contributed by atoms with Crippen LogP contribution in [-0.2, 0) is 12.8 Å². The fourth-order valence-corrected chi connectivity index (χ4v) is 2.01. The second kappa shape index (κ2) is 3.43. The summed E-state index contributed by atoms with van der Waals surface area (Å²) in [6, 6.07) is 16.5. The smallest absolute Gasteiger partial charge is 0.130 e. The maximum absolute atomic E-state index is 5.90. The first-order valence-corrected chi connectivity index (χ1v) is 5.27. The highest BCUT2D eigenvalue weighted by Gasteiger charge is 2.12. The third-order valence-corrected chi connectivity index (χ3v) is 2.83. The van der Waals surface area contributed by atoms with Crippen LogP contribution in [0.15, 0.2) is 48.5 Å². The Hall–Kier alpha value is -1.76. The summed E-state index contributed by atoms with van der Waals surface area (Å²) in [5, 5.41) is 0. The molecule has 1 aliphatic rings. The molecule has 1 nitrogen and oxygen atoms in total. The minimum Gasteiger partial charge on any atom is -0.457 e. The predicted octanol–water partition coefficient (Wildman–Crippen LogP) is 3.58. The van der Waals surface area contributed by atoms with E-state index in [1.165, 1.54) is 11.1 Å². The van der Waals surface area contributed by atoms with E-state index in [4.69, 9.17) is 4.74 Å². The van der Waals surface area contributed by atoms with Gasteiger partial charge in [0, 0.05) is 0 Å². The lowest BCUT2D eigenvalue weighted by Crippen LogP contribution is -1.87. The Balaban J connectivity index is 2.10. The first-order chi connectivity index (χ1) is 7.43. The molecule has 0 saturated heterocycles. The Morgan fingerprint density at radius 1 is 0.667 bits per heavy atom. The lowest BCUT2D eigenvalue weighted by Gasteiger charge is -2.07. The van der Waals surface area contributed by atoms with Gasteiger partial charge in [-0.3, -0.25) is 0 Å². The summed E-state index contributed by atoms with van der Waals surface area (Å²) in [5.74, 6) is 2.00. The highest BCUT2D eigenvalue weighted by atomic mass is 16.5. The van der Waals surface area contributed by atoms with Crippen molar-refractivity contribution in [1.82, 2.24) is 0 Å². The zero-order valence-electron chi connectivity index (χ0n) is 8.44. The summed E-state index contributed by atoms with van der Waals surface area (Å²) in [6.45, 7) is 0. The van der Waals surface area contributed by atoms with Crippen molar-refractivity contribution in [3.05, 3.63) is 59.7 Å². The minimum atomic E-state index is 1.00. The molecule has 15 heavy (non-hydrogen) atoms. The third-order valence-electron chi connectivity index (χ3n) is 2.83. The largest absolute Gasteiger partial charge is 0.457 e. The van der Waals surface area contributed by atoms with Crippen molar-refractivity contribution >= 4 is 0 Å². The molecule has 74 valence electrons. The Morgan fingerprint density at radius 2 is 1.13 bits per heavy atom. The zero-order chi connectivity index (χ0) is 10.1. The van der Waals surface area contributed by atoms with Gasteiger partial charge >= 0.3 is 0 Å². The summed E-state index contributed by atoms with van der Waals surface area (Å²) < 4.78 is 5.90. The monoisotopic (exact) mass is 196 g/mol. The average molecular weight is 196 g/mol. The van der Waals surface area contributed by atoms with E-state index in [-0.39, 0.29) is 0 Å². The van der Waals surface area contributed by atoms with Gasteiger partial charge in [-0.05, 0) is 36.1 Å². The number of ether oxygens (including phenoxy) is 1. The topological polar surface area (TPSA) is 9.23 Å². The molecule has 2 aromatic rings. The first-order valence-electron chi connectivity index (χ1n) is 5.27. The highest BCUT2D eigenvalue weighted by Crippen LogP contribution is 2.32. The maximum Gasteiger partial charge on any atom is 0.130 e. The molecule has 0 saturated carbocycles. The molecule has 0 fully saturated rings. The molecule has 0 N–H and O–H groups in total. The second-order valence-electron chi connectivity index (χ2n) is 3.82. The Kier molecular flexibility index (Phi) is 1.95. The summed E-state index contributed by atoms with van der Waals surface area (Å²) in [7, 11) is 0. The van der Waals surface area contributed by atoms with Crippen LogP contribution in [0.1, 0.15) is 11.1 Å². The number of fused-ring (bicyclic) bond motifs is 2. The molecule has 0 aliphatic carbocycles. The fourth-order valence-electron chi connectivity index (χ4n) is 2.01. The average Bonchev–Trinajstić information content (AvgIpc) is 2.48. The molecule has 3 rings (SSSR count). The van der Waals surface area contributed by atoms with Crippen molar-refractivity contribution in [1.29, 1.82) is 0 Å². The van der Waals surface area contributed by atoms with E-state index in [1.807, 2.05) is 24.3 Å². The molecule has 0 radical (unpaired) electrons. The fraction of sp³-hybridized carbons (Fsp3) is 0.143. The Morgan fingerprint density at radius 3 is 1.67 bits per heavy atom. The van der Waals surface area contributed by atoms with Crippen molar-refractivity contribution < 1.29 is 4.74 Å². The molecule has 1 aliphatic heterocycles. The van der Waals surface area contributed by atoms with Gasteiger partial charge in [0.05, 0.1) is 0 Å². The van der Waals surface area contributed by atoms with Gasteiger partial charge in [-0.25, -0.2) is 0 Å². The summed E-state index contributed by atoms with van der Waals surface area (Å²) >= 11 is 0. The van der Waals surface area contributed by atoms with E-state index in [9.17, 15) is 0 Å². The van der Waals surface area contributed by atoms with Crippen LogP contribution in [0.3, 0.4) is 0 Å². The zero-order valence-corrected chi connectivity index (χ0v) is 8.44. The molecule has 0 unspecified atom stereocenters. The van der Waals surface area contributed by atoms with Crippen LogP contribution in [0.5, 0.6) is 11.5 Å². The van der Waals surface area contributed by atoms with Gasteiger partial charge in [-0.15, -0.1) is 0 Å². The van der Waals surface area contributed by atoms with Crippen LogP contribution in [0, 0.1) is 0 Å². The van der Waals surface area contributed by atoms with E-state index < -0.39 is 0 Å². The van der Waals surface area contributed by atoms with E-state index in [2.05, 4.69) is 24.3 Å². The van der Waals surface area contributed by atoms with Crippen LogP contribution in [-0.4, -0.2) is 0 Å². The van der Waals surface area contributed by atoms with Crippen LogP contribution in [0.4, 0.5) is 0 Å². The number of benzene rings is 2. The van der Waals surface area contributed by atoms with Crippen molar-refractivity contribution in [2.75, 3.05) is 0 Å². The van der Waals surface area contributed by atoms with Crippen molar-refractivity contribution in [2.24, 2.45) is 0 Å². The van der Waals surface area contributed by atoms with E-state index in [1.54, 1.807) is 0 Å². The van der Waals surface area contributed by atoms with Gasteiger partial charge in [0.2, 0.25) is 0 Å². The number of para-hydroxylation sites is 2. The molecule has 2 aromatic carbocycles. The molecule has 0 atom stereocenters. The quantitative estimate of drug-likeness (QED) is 0.625. The van der Waals surface area contributed by atoms with E-state index in [0.717, 1.165) is 24.3 Å². The third kappa shape index (κ3) is 1.50. The summed E-state index contributed by atoms with van der Waals surface area (Å²) in [4.78, 5) is 0. The van der Waals surface area contributed by atoms with Crippen LogP contribution >= 0.6 is 0 Å². The normalized spacial score (nSPS) is 13.3. The van der Waals surface area contributed by atoms with Crippen molar-refractivity contribution in [3.8, 4) is 11.5 Å². The van der Waals surface area contributed by atoms with Crippen LogP contribution in [0.2, 0.25) is 0 Å². The van der Waals surface area contributed by atoms with Gasteiger partial charge < -0.3 is 4.74 Å². The Bertz CT molecular complexity index is 443. The molecular weight excluding hydrogens is 184 g/mol. The number of hydrogen-bond donors (Lipinski definition) is 0. The van der Waals surface area contributed by atoms with Gasteiger partial charge in [0.15, 0.2) is 0 Å². The lowest BCUT2D eigenvalue weighted by molar-refractivity contribution is 0.479. The van der Waals surface area contributed by atoms with Gasteiger partial charge in [0.1, 0.15) is 11.5 Å². The van der Waals surface area contributed by atoms with E-state index >= 15 is 0 Å². The molecule has 1 heterocycles. The van der Waals surface area contributed by atoms with Gasteiger partial charge in [-0.1, -0.05) is 36.4 Å². The van der Waals surface area contributed by atoms with E-state index in [0.29, 0.717) is 0 Å². The number of hydrogen-bond acceptors (Lipinski definition) is 1. The lowest BCUT2D eigenvalue weighted by atomic mass is 10.0. The summed E-state index contributed by atoms with van der Waals surface area (Å²) in [5.41, 5.74) is 2.60. The van der Waals surface area contributed by atoms with Gasteiger partial charge in [0.25, 0.3) is 0 Å². The Labute approximate surface area is 89.3 Å². The van der Waals surface area contributed by atoms with Crippen LogP contribution < -0.4 is 4.74 Å². The molecule has 0 spiro atoms. The van der Waals surface area contributed by atoms with Crippen molar-refractivity contribution in [3.63, 3.8) is 0 Å². The maximum atomic E-state index is 5.90. The molecular formula is C14H12O. The molecule has 0 aromatic heterocycles. The summed E-state index contributed by atoms with van der Waals surface area (Å²) in [6.07, 6.45) is 2.13. The SMILES string of the molecule is c1ccc2c(c1)CCc1ccccc1O2. The molecule has 0 amide bonds. The highest BCUT2D eigenvalue weighted by molar-refractivity contribution is 5.44. The molecule has 0 bridgehead atoms. The minimum absolute atomic E-state index is 1.00. The predicted molar refractivity (Wildman–Crippen MR) is 60.4 cm³/mol. The number of aryl methyl sites for hydroxylation is 2. The molecule has 1 heteroatoms. The first kappa shape index (κ1) is 8.54. The second-order valence-corrected chi connectivity index (χ2v) is 3.82. The van der Waals surface area contributed by atoms with Crippen molar-refractivity contribution in [2.45, 2.75) is 12.8 Å². The van der Waals surface area contributed by atoms with Gasteiger partial charge in [-0.2, -0.15) is 0 Å². The van der Waals surface area contributed by atoms with Crippen LogP contribution in [0.25, 0.3) is 0 Å². The number of rotatable bonds is 0. The standard InChI is InChI=1S/C14H12O/c1-3-7-13-11(5-1)9-10-12-6-2-4-8-14(12)15-13/h1-8H,9-10H2.